The predicted molar refractivity (Wildman–Crippen MR) is 54.6 cm³/mol. The van der Waals surface area contributed by atoms with Gasteiger partial charge in [-0.1, -0.05) is 0 Å². The Morgan fingerprint density at radius 1 is 1.50 bits per heavy atom. The van der Waals surface area contributed by atoms with Crippen molar-refractivity contribution in [3.05, 3.63) is 36.0 Å². The van der Waals surface area contributed by atoms with Gasteiger partial charge < -0.3 is 14.8 Å². The van der Waals surface area contributed by atoms with Crippen LogP contribution in [0.1, 0.15) is 10.5 Å². The number of carbonyl (C=O) groups excluding carboxylic acids is 1. The Morgan fingerprint density at radius 3 is 3.06 bits per heavy atom. The molecule has 0 saturated carbocycles. The van der Waals surface area contributed by atoms with Gasteiger partial charge >= 0.3 is 0 Å². The lowest BCUT2D eigenvalue weighted by Crippen LogP contribution is -2.26. The first kappa shape index (κ1) is 10.6. The van der Waals surface area contributed by atoms with Gasteiger partial charge in [0.25, 0.3) is 5.91 Å². The molecule has 1 amide bonds. The zero-order valence-corrected chi connectivity index (χ0v) is 8.35. The monoisotopic (exact) mass is 223 g/mol. The zero-order valence-electron chi connectivity index (χ0n) is 8.35. The van der Waals surface area contributed by atoms with Gasteiger partial charge in [-0.15, -0.1) is 0 Å². The van der Waals surface area contributed by atoms with E-state index in [2.05, 4.69) is 10.3 Å². The first-order chi connectivity index (χ1) is 7.70. The summed E-state index contributed by atoms with van der Waals surface area (Å²) < 4.78 is 14.3. The predicted octanol–water partition coefficient (Wildman–Crippen LogP) is 0.195. The first-order valence-corrected chi connectivity index (χ1v) is 4.74. The lowest BCUT2D eigenvalue weighted by atomic mass is 10.4. The number of halogens is 1. The molecule has 16 heavy (non-hydrogen) atoms. The van der Waals surface area contributed by atoms with Crippen molar-refractivity contribution >= 4 is 11.6 Å². The van der Waals surface area contributed by atoms with Crippen molar-refractivity contribution in [3.63, 3.8) is 0 Å². The van der Waals surface area contributed by atoms with Gasteiger partial charge in [-0.25, -0.2) is 9.37 Å². The number of aliphatic hydroxyl groups is 1. The highest BCUT2D eigenvalue weighted by atomic mass is 19.1. The Kier molecular flexibility index (Phi) is 2.82. The minimum Gasteiger partial charge on any atom is -0.395 e. The number of aromatic nitrogens is 2. The molecule has 0 spiro atoms. The summed E-state index contributed by atoms with van der Waals surface area (Å²) in [5.74, 6) is -0.787. The highest BCUT2D eigenvalue weighted by molar-refractivity contribution is 5.92. The van der Waals surface area contributed by atoms with E-state index in [1.165, 1.54) is 28.9 Å². The molecule has 2 N–H and O–H groups in total. The maximum atomic E-state index is 12.9. The molecule has 0 bridgehead atoms. The van der Waals surface area contributed by atoms with E-state index in [9.17, 15) is 9.18 Å². The molecule has 2 aromatic rings. The molecule has 6 heteroatoms. The Morgan fingerprint density at radius 2 is 2.31 bits per heavy atom. The van der Waals surface area contributed by atoms with Crippen molar-refractivity contribution in [1.82, 2.24) is 14.7 Å². The van der Waals surface area contributed by atoms with Crippen LogP contribution in [-0.4, -0.2) is 33.6 Å². The molecule has 84 valence electrons. The molecule has 0 aliphatic carbocycles. The minimum absolute atomic E-state index is 0.131. The molecular formula is C10H10FN3O2. The number of fused-ring (bicyclic) bond motifs is 1. The molecule has 0 aromatic carbocycles. The van der Waals surface area contributed by atoms with Crippen LogP contribution in [0.5, 0.6) is 0 Å². The Labute approximate surface area is 90.5 Å². The number of aliphatic hydroxyl groups excluding tert-OH is 1. The van der Waals surface area contributed by atoms with Crippen LogP contribution < -0.4 is 5.32 Å². The molecule has 0 atom stereocenters. The average Bonchev–Trinajstić information content (AvgIpc) is 2.68. The Bertz CT molecular complexity index is 524. The second-order valence-electron chi connectivity index (χ2n) is 3.22. The largest absolute Gasteiger partial charge is 0.395 e. The molecular weight excluding hydrogens is 213 g/mol. The minimum atomic E-state index is -0.396. The normalized spacial score (nSPS) is 10.6. The van der Waals surface area contributed by atoms with Crippen molar-refractivity contribution in [1.29, 1.82) is 0 Å². The molecule has 2 heterocycles. The fraction of sp³-hybridized carbons (Fsp3) is 0.200. The third kappa shape index (κ3) is 2.01. The van der Waals surface area contributed by atoms with Crippen LogP contribution in [0.25, 0.3) is 5.65 Å². The number of imidazole rings is 1. The summed E-state index contributed by atoms with van der Waals surface area (Å²) in [6.45, 7) is 0.0365. The van der Waals surface area contributed by atoms with Crippen LogP contribution in [0.4, 0.5) is 4.39 Å². The fourth-order valence-corrected chi connectivity index (χ4v) is 1.33. The number of hydrogen-bond acceptors (Lipinski definition) is 3. The lowest BCUT2D eigenvalue weighted by Gasteiger charge is -1.97. The number of hydrogen-bond donors (Lipinski definition) is 2. The van der Waals surface area contributed by atoms with Gasteiger partial charge in [-0.3, -0.25) is 4.79 Å². The van der Waals surface area contributed by atoms with Gasteiger partial charge in [0.1, 0.15) is 17.2 Å². The van der Waals surface area contributed by atoms with Crippen LogP contribution in [0.3, 0.4) is 0 Å². The summed E-state index contributed by atoms with van der Waals surface area (Å²) in [5, 5.41) is 11.0. The fourth-order valence-electron chi connectivity index (χ4n) is 1.33. The van der Waals surface area contributed by atoms with E-state index in [-0.39, 0.29) is 18.8 Å². The van der Waals surface area contributed by atoms with Crippen molar-refractivity contribution in [2.75, 3.05) is 13.2 Å². The molecule has 5 nitrogen and oxygen atoms in total. The van der Waals surface area contributed by atoms with Gasteiger partial charge in [-0.2, -0.15) is 0 Å². The molecule has 2 rings (SSSR count). The smallest absolute Gasteiger partial charge is 0.271 e. The second-order valence-corrected chi connectivity index (χ2v) is 3.22. The van der Waals surface area contributed by atoms with Gasteiger partial charge in [0.2, 0.25) is 0 Å². The van der Waals surface area contributed by atoms with Crippen molar-refractivity contribution in [2.45, 2.75) is 0 Å². The highest BCUT2D eigenvalue weighted by Crippen LogP contribution is 2.06. The Balaban J connectivity index is 2.28. The molecule has 0 aliphatic heterocycles. The number of carbonyl (C=O) groups is 1. The molecule has 2 aromatic heterocycles. The maximum absolute atomic E-state index is 12.9. The van der Waals surface area contributed by atoms with E-state index in [4.69, 9.17) is 5.11 Å². The maximum Gasteiger partial charge on any atom is 0.271 e. The Hall–Kier alpha value is -1.95. The molecule has 0 fully saturated rings. The van der Waals surface area contributed by atoms with Gasteiger partial charge in [0, 0.05) is 18.9 Å². The summed E-state index contributed by atoms with van der Waals surface area (Å²) in [6.07, 6.45) is 2.68. The van der Waals surface area contributed by atoms with Gasteiger partial charge in [0.05, 0.1) is 6.61 Å². The summed E-state index contributed by atoms with van der Waals surface area (Å²) in [6, 6.07) is 2.76. The summed E-state index contributed by atoms with van der Waals surface area (Å²) in [4.78, 5) is 15.5. The van der Waals surface area contributed by atoms with Gasteiger partial charge in [-0.05, 0) is 12.1 Å². The first-order valence-electron chi connectivity index (χ1n) is 4.74. The van der Waals surface area contributed by atoms with Crippen LogP contribution in [0.2, 0.25) is 0 Å². The van der Waals surface area contributed by atoms with E-state index >= 15 is 0 Å². The van der Waals surface area contributed by atoms with Crippen LogP contribution in [0.15, 0.2) is 24.5 Å². The number of pyridine rings is 1. The number of nitrogens with one attached hydrogen (secondary N) is 1. The van der Waals surface area contributed by atoms with E-state index in [0.29, 0.717) is 5.65 Å². The second kappa shape index (κ2) is 4.28. The van der Waals surface area contributed by atoms with Crippen LogP contribution in [-0.2, 0) is 0 Å². The number of rotatable bonds is 3. The number of amides is 1. The third-order valence-electron chi connectivity index (χ3n) is 2.04. The summed E-state index contributed by atoms with van der Waals surface area (Å²) in [7, 11) is 0. The van der Waals surface area contributed by atoms with Crippen molar-refractivity contribution in [3.8, 4) is 0 Å². The average molecular weight is 223 g/mol. The van der Waals surface area contributed by atoms with E-state index < -0.39 is 11.7 Å². The number of nitrogens with zero attached hydrogens (tertiary/aromatic N) is 2. The van der Waals surface area contributed by atoms with Crippen LogP contribution >= 0.6 is 0 Å². The SMILES string of the molecule is O=C(NCCO)c1cn2cc(F)ccc2n1. The van der Waals surface area contributed by atoms with Gasteiger partial charge in [0.15, 0.2) is 0 Å². The molecule has 0 aliphatic rings. The zero-order chi connectivity index (χ0) is 11.5. The van der Waals surface area contributed by atoms with Crippen molar-refractivity contribution < 1.29 is 14.3 Å². The van der Waals surface area contributed by atoms with E-state index in [1.54, 1.807) is 0 Å². The molecule has 0 radical (unpaired) electrons. The topological polar surface area (TPSA) is 66.6 Å². The molecule has 0 unspecified atom stereocenters. The van der Waals surface area contributed by atoms with E-state index in [1.807, 2.05) is 0 Å². The van der Waals surface area contributed by atoms with Crippen LogP contribution in [0, 0.1) is 5.82 Å². The molecule has 0 saturated heterocycles. The third-order valence-corrected chi connectivity index (χ3v) is 2.04. The standard InChI is InChI=1S/C10H10FN3O2/c11-7-1-2-9-13-8(6-14(9)5-7)10(16)12-3-4-15/h1-2,5-6,15H,3-4H2,(H,12,16). The highest BCUT2D eigenvalue weighted by Gasteiger charge is 2.09. The lowest BCUT2D eigenvalue weighted by molar-refractivity contribution is 0.0940. The van der Waals surface area contributed by atoms with Crippen molar-refractivity contribution in [2.24, 2.45) is 0 Å². The van der Waals surface area contributed by atoms with E-state index in [0.717, 1.165) is 0 Å². The summed E-state index contributed by atoms with van der Waals surface area (Å²) >= 11 is 0. The quantitative estimate of drug-likeness (QED) is 0.780. The summed E-state index contributed by atoms with van der Waals surface area (Å²) in [5.41, 5.74) is 0.689.